The predicted octanol–water partition coefficient (Wildman–Crippen LogP) is 4.32. The van der Waals surface area contributed by atoms with Gasteiger partial charge in [0.15, 0.2) is 0 Å². The molecule has 0 unspecified atom stereocenters. The van der Waals surface area contributed by atoms with Crippen molar-refractivity contribution in [1.29, 1.82) is 0 Å². The molecule has 1 saturated carbocycles. The van der Waals surface area contributed by atoms with Crippen molar-refractivity contribution in [2.75, 3.05) is 5.88 Å². The van der Waals surface area contributed by atoms with E-state index >= 15 is 0 Å². The molecule has 0 aliphatic heterocycles. The number of benzene rings is 1. The van der Waals surface area contributed by atoms with Crippen LogP contribution in [0, 0.1) is 12.8 Å². The molecule has 1 aliphatic rings. The molecule has 0 amide bonds. The molecule has 0 saturated heterocycles. The van der Waals surface area contributed by atoms with Crippen LogP contribution in [0.25, 0.3) is 11.0 Å². The maximum absolute atomic E-state index is 5.92. The van der Waals surface area contributed by atoms with E-state index in [1.807, 2.05) is 0 Å². The highest BCUT2D eigenvalue weighted by molar-refractivity contribution is 6.17. The fraction of sp³-hybridized carbons (Fsp3) is 0.562. The Hall–Kier alpha value is -1.02. The van der Waals surface area contributed by atoms with Gasteiger partial charge < -0.3 is 4.57 Å². The van der Waals surface area contributed by atoms with Crippen LogP contribution in [-0.2, 0) is 13.0 Å². The van der Waals surface area contributed by atoms with E-state index in [-0.39, 0.29) is 0 Å². The monoisotopic (exact) mass is 276 g/mol. The van der Waals surface area contributed by atoms with Crippen LogP contribution in [0.1, 0.15) is 37.1 Å². The molecule has 1 aliphatic carbocycles. The SMILES string of the molecule is Cc1cccc2nc(CCCl)n(CCC3CCC3)c12. The molecule has 0 atom stereocenters. The molecule has 0 bridgehead atoms. The van der Waals surface area contributed by atoms with Crippen molar-refractivity contribution in [1.82, 2.24) is 9.55 Å². The smallest absolute Gasteiger partial charge is 0.111 e. The van der Waals surface area contributed by atoms with Gasteiger partial charge in [-0.3, -0.25) is 0 Å². The van der Waals surface area contributed by atoms with Gasteiger partial charge in [0, 0.05) is 18.8 Å². The normalized spacial score (nSPS) is 15.9. The minimum atomic E-state index is 0.645. The quantitative estimate of drug-likeness (QED) is 0.744. The summed E-state index contributed by atoms with van der Waals surface area (Å²) in [5.74, 6) is 2.73. The van der Waals surface area contributed by atoms with Gasteiger partial charge in [0.25, 0.3) is 0 Å². The lowest BCUT2D eigenvalue weighted by atomic mass is 9.83. The maximum Gasteiger partial charge on any atom is 0.111 e. The van der Waals surface area contributed by atoms with Gasteiger partial charge >= 0.3 is 0 Å². The van der Waals surface area contributed by atoms with Crippen LogP contribution in [0.15, 0.2) is 18.2 Å². The molecule has 0 radical (unpaired) electrons. The second-order valence-electron chi connectivity index (χ2n) is 5.65. The highest BCUT2D eigenvalue weighted by Crippen LogP contribution is 2.31. The summed E-state index contributed by atoms with van der Waals surface area (Å²) in [4.78, 5) is 4.76. The molecule has 3 heteroatoms. The molecular weight excluding hydrogens is 256 g/mol. The van der Waals surface area contributed by atoms with Crippen molar-refractivity contribution in [3.05, 3.63) is 29.6 Å². The minimum absolute atomic E-state index is 0.645. The average molecular weight is 277 g/mol. The standard InChI is InChI=1S/C16H21ClN2/c1-12-4-2-7-14-16(12)19(15(18-14)8-10-17)11-9-13-5-3-6-13/h2,4,7,13H,3,5-6,8-11H2,1H3. The van der Waals surface area contributed by atoms with Crippen LogP contribution in [0.3, 0.4) is 0 Å². The van der Waals surface area contributed by atoms with Crippen molar-refractivity contribution < 1.29 is 0 Å². The zero-order chi connectivity index (χ0) is 13.2. The molecule has 1 aromatic carbocycles. The highest BCUT2D eigenvalue weighted by atomic mass is 35.5. The lowest BCUT2D eigenvalue weighted by molar-refractivity contribution is 0.282. The Balaban J connectivity index is 1.94. The molecule has 1 heterocycles. The summed E-state index contributed by atoms with van der Waals surface area (Å²) >= 11 is 5.92. The number of para-hydroxylation sites is 1. The van der Waals surface area contributed by atoms with E-state index < -0.39 is 0 Å². The van der Waals surface area contributed by atoms with Gasteiger partial charge in [0.05, 0.1) is 11.0 Å². The summed E-state index contributed by atoms with van der Waals surface area (Å²) in [6.07, 6.45) is 6.39. The topological polar surface area (TPSA) is 17.8 Å². The third kappa shape index (κ3) is 2.51. The number of imidazole rings is 1. The fourth-order valence-corrected chi connectivity index (χ4v) is 3.19. The molecule has 0 spiro atoms. The molecule has 3 rings (SSSR count). The Morgan fingerprint density at radius 1 is 1.37 bits per heavy atom. The summed E-state index contributed by atoms with van der Waals surface area (Å²) < 4.78 is 2.41. The molecule has 1 aromatic heterocycles. The van der Waals surface area contributed by atoms with E-state index in [2.05, 4.69) is 29.7 Å². The lowest BCUT2D eigenvalue weighted by Crippen LogP contribution is -2.15. The second kappa shape index (κ2) is 5.54. The van der Waals surface area contributed by atoms with Crippen LogP contribution < -0.4 is 0 Å². The van der Waals surface area contributed by atoms with Gasteiger partial charge in [-0.05, 0) is 30.9 Å². The number of fused-ring (bicyclic) bond motifs is 1. The molecule has 0 N–H and O–H groups in total. The first-order valence-corrected chi connectivity index (χ1v) is 7.83. The molecule has 19 heavy (non-hydrogen) atoms. The number of aryl methyl sites for hydroxylation is 3. The van der Waals surface area contributed by atoms with Crippen molar-refractivity contribution in [2.24, 2.45) is 5.92 Å². The largest absolute Gasteiger partial charge is 0.328 e. The number of hydrogen-bond donors (Lipinski definition) is 0. The Kier molecular flexibility index (Phi) is 3.79. The van der Waals surface area contributed by atoms with Crippen LogP contribution >= 0.6 is 11.6 Å². The molecule has 2 aromatic rings. The average Bonchev–Trinajstić information content (AvgIpc) is 2.67. The van der Waals surface area contributed by atoms with E-state index in [9.17, 15) is 0 Å². The number of nitrogens with zero attached hydrogens (tertiary/aromatic N) is 2. The summed E-state index contributed by atoms with van der Waals surface area (Å²) in [5, 5.41) is 0. The summed E-state index contributed by atoms with van der Waals surface area (Å²) in [6.45, 7) is 3.27. The first-order valence-electron chi connectivity index (χ1n) is 7.30. The molecular formula is C16H21ClN2. The lowest BCUT2D eigenvalue weighted by Gasteiger charge is -2.25. The number of rotatable bonds is 5. The van der Waals surface area contributed by atoms with Crippen molar-refractivity contribution in [2.45, 2.75) is 45.6 Å². The van der Waals surface area contributed by atoms with Crippen molar-refractivity contribution in [3.63, 3.8) is 0 Å². The van der Waals surface area contributed by atoms with E-state index in [1.54, 1.807) is 0 Å². The Morgan fingerprint density at radius 3 is 2.89 bits per heavy atom. The first kappa shape index (κ1) is 13.0. The first-order chi connectivity index (χ1) is 9.29. The molecule has 102 valence electrons. The summed E-state index contributed by atoms with van der Waals surface area (Å²) in [7, 11) is 0. The van der Waals surface area contributed by atoms with Crippen molar-refractivity contribution >= 4 is 22.6 Å². The Bertz CT molecular complexity index is 569. The van der Waals surface area contributed by atoms with Gasteiger partial charge in [-0.15, -0.1) is 11.6 Å². The summed E-state index contributed by atoms with van der Waals surface area (Å²) in [6, 6.07) is 6.37. The van der Waals surface area contributed by atoms with E-state index in [1.165, 1.54) is 36.8 Å². The van der Waals surface area contributed by atoms with Crippen LogP contribution in [0.4, 0.5) is 0 Å². The maximum atomic E-state index is 5.92. The highest BCUT2D eigenvalue weighted by Gasteiger charge is 2.19. The zero-order valence-corrected chi connectivity index (χ0v) is 12.3. The van der Waals surface area contributed by atoms with Gasteiger partial charge in [-0.2, -0.15) is 0 Å². The van der Waals surface area contributed by atoms with E-state index in [4.69, 9.17) is 16.6 Å². The van der Waals surface area contributed by atoms with E-state index in [0.29, 0.717) is 5.88 Å². The van der Waals surface area contributed by atoms with Gasteiger partial charge in [0.2, 0.25) is 0 Å². The molecule has 2 nitrogen and oxygen atoms in total. The number of aromatic nitrogens is 2. The van der Waals surface area contributed by atoms with Crippen LogP contribution in [-0.4, -0.2) is 15.4 Å². The van der Waals surface area contributed by atoms with E-state index in [0.717, 1.165) is 30.2 Å². The zero-order valence-electron chi connectivity index (χ0n) is 11.5. The molecule has 1 fully saturated rings. The van der Waals surface area contributed by atoms with Crippen LogP contribution in [0.5, 0.6) is 0 Å². The minimum Gasteiger partial charge on any atom is -0.328 e. The fourth-order valence-electron chi connectivity index (χ4n) is 3.02. The third-order valence-electron chi connectivity index (χ3n) is 4.35. The van der Waals surface area contributed by atoms with Gasteiger partial charge in [-0.25, -0.2) is 4.98 Å². The van der Waals surface area contributed by atoms with Crippen molar-refractivity contribution in [3.8, 4) is 0 Å². The number of halogens is 1. The predicted molar refractivity (Wildman–Crippen MR) is 80.9 cm³/mol. The summed E-state index contributed by atoms with van der Waals surface area (Å²) in [5.41, 5.74) is 3.75. The third-order valence-corrected chi connectivity index (χ3v) is 4.54. The van der Waals surface area contributed by atoms with Gasteiger partial charge in [0.1, 0.15) is 5.82 Å². The second-order valence-corrected chi connectivity index (χ2v) is 6.02. The van der Waals surface area contributed by atoms with Crippen LogP contribution in [0.2, 0.25) is 0 Å². The Labute approximate surface area is 119 Å². The van der Waals surface area contributed by atoms with Gasteiger partial charge in [-0.1, -0.05) is 31.4 Å². The Morgan fingerprint density at radius 2 is 2.21 bits per heavy atom. The number of hydrogen-bond acceptors (Lipinski definition) is 1. The number of alkyl halides is 1.